The van der Waals surface area contributed by atoms with E-state index in [1.807, 2.05) is 6.07 Å². The molecule has 1 aliphatic rings. The van der Waals surface area contributed by atoms with Crippen LogP contribution in [-0.2, 0) is 0 Å². The molecule has 0 aliphatic carbocycles. The maximum atomic E-state index is 13.2. The highest BCUT2D eigenvalue weighted by Crippen LogP contribution is 2.31. The van der Waals surface area contributed by atoms with Crippen LogP contribution in [0.15, 0.2) is 22.7 Å². The second kappa shape index (κ2) is 6.82. The molecule has 2 rings (SSSR count). The van der Waals surface area contributed by atoms with Crippen LogP contribution in [0, 0.1) is 11.7 Å². The van der Waals surface area contributed by atoms with Gasteiger partial charge in [0.1, 0.15) is 5.82 Å². The Hall–Kier alpha value is -0.450. The maximum Gasteiger partial charge on any atom is 0.124 e. The lowest BCUT2D eigenvalue weighted by Gasteiger charge is -2.38. The summed E-state index contributed by atoms with van der Waals surface area (Å²) >= 11 is 3.47. The van der Waals surface area contributed by atoms with Crippen molar-refractivity contribution in [1.29, 1.82) is 0 Å². The van der Waals surface area contributed by atoms with E-state index < -0.39 is 0 Å². The smallest absolute Gasteiger partial charge is 0.124 e. The molecule has 0 bridgehead atoms. The van der Waals surface area contributed by atoms with Crippen molar-refractivity contribution in [2.45, 2.75) is 32.2 Å². The molecule has 4 heteroatoms. The number of hydrogen-bond donors (Lipinski definition) is 1. The van der Waals surface area contributed by atoms with E-state index in [9.17, 15) is 4.39 Å². The zero-order valence-electron chi connectivity index (χ0n) is 11.4. The maximum absolute atomic E-state index is 13.2. The lowest BCUT2D eigenvalue weighted by molar-refractivity contribution is 0.124. The largest absolute Gasteiger partial charge is 0.329 e. The van der Waals surface area contributed by atoms with E-state index in [0.29, 0.717) is 6.54 Å². The highest BCUT2D eigenvalue weighted by Gasteiger charge is 2.26. The first-order valence-corrected chi connectivity index (χ1v) is 7.84. The molecule has 0 aromatic heterocycles. The molecule has 1 fully saturated rings. The molecule has 1 aromatic rings. The summed E-state index contributed by atoms with van der Waals surface area (Å²) in [5.74, 6) is 0.554. The van der Waals surface area contributed by atoms with Crippen molar-refractivity contribution in [3.05, 3.63) is 34.1 Å². The second-order valence-corrected chi connectivity index (χ2v) is 6.18. The van der Waals surface area contributed by atoms with Crippen molar-refractivity contribution in [2.24, 2.45) is 11.7 Å². The SMILES string of the molecule is CCC1CCCN(C(CN)c2ccc(F)cc2Br)C1. The Balaban J connectivity index is 2.19. The highest BCUT2D eigenvalue weighted by molar-refractivity contribution is 9.10. The van der Waals surface area contributed by atoms with Crippen LogP contribution in [0.4, 0.5) is 4.39 Å². The minimum atomic E-state index is -0.212. The van der Waals surface area contributed by atoms with Crippen molar-refractivity contribution in [1.82, 2.24) is 4.90 Å². The Kier molecular flexibility index (Phi) is 5.37. The van der Waals surface area contributed by atoms with Gasteiger partial charge in [0.05, 0.1) is 0 Å². The Morgan fingerprint density at radius 1 is 1.53 bits per heavy atom. The molecular formula is C15H22BrFN2. The third kappa shape index (κ3) is 3.56. The van der Waals surface area contributed by atoms with Crippen molar-refractivity contribution < 1.29 is 4.39 Å². The summed E-state index contributed by atoms with van der Waals surface area (Å²) in [5, 5.41) is 0. The lowest BCUT2D eigenvalue weighted by atomic mass is 9.93. The first kappa shape index (κ1) is 14.9. The van der Waals surface area contributed by atoms with Crippen LogP contribution in [0.1, 0.15) is 37.8 Å². The van der Waals surface area contributed by atoms with Crippen molar-refractivity contribution in [3.8, 4) is 0 Å². The Morgan fingerprint density at radius 2 is 2.32 bits per heavy atom. The normalized spacial score (nSPS) is 22.4. The predicted octanol–water partition coefficient (Wildman–Crippen LogP) is 3.71. The van der Waals surface area contributed by atoms with Gasteiger partial charge in [-0.3, -0.25) is 4.90 Å². The number of likely N-dealkylation sites (tertiary alicyclic amines) is 1. The Bertz CT molecular complexity index is 425. The molecule has 0 spiro atoms. The minimum absolute atomic E-state index is 0.185. The van der Waals surface area contributed by atoms with Gasteiger partial charge in [-0.1, -0.05) is 35.3 Å². The fraction of sp³-hybridized carbons (Fsp3) is 0.600. The average molecular weight is 329 g/mol. The quantitative estimate of drug-likeness (QED) is 0.912. The summed E-state index contributed by atoms with van der Waals surface area (Å²) in [7, 11) is 0. The number of benzene rings is 1. The zero-order chi connectivity index (χ0) is 13.8. The molecule has 2 atom stereocenters. The highest BCUT2D eigenvalue weighted by atomic mass is 79.9. The number of halogens is 2. The van der Waals surface area contributed by atoms with E-state index in [1.165, 1.54) is 31.4 Å². The summed E-state index contributed by atoms with van der Waals surface area (Å²) in [4.78, 5) is 2.45. The van der Waals surface area contributed by atoms with Gasteiger partial charge in [0.15, 0.2) is 0 Å². The van der Waals surface area contributed by atoms with Gasteiger partial charge < -0.3 is 5.73 Å². The van der Waals surface area contributed by atoms with Crippen LogP contribution in [-0.4, -0.2) is 24.5 Å². The molecule has 0 radical (unpaired) electrons. The van der Waals surface area contributed by atoms with Gasteiger partial charge in [0, 0.05) is 23.6 Å². The van der Waals surface area contributed by atoms with Gasteiger partial charge in [0.25, 0.3) is 0 Å². The Morgan fingerprint density at radius 3 is 2.95 bits per heavy atom. The first-order valence-electron chi connectivity index (χ1n) is 7.04. The topological polar surface area (TPSA) is 29.3 Å². The molecule has 1 saturated heterocycles. The van der Waals surface area contributed by atoms with E-state index in [2.05, 4.69) is 27.8 Å². The molecule has 0 amide bonds. The molecule has 1 heterocycles. The summed E-state index contributed by atoms with van der Waals surface area (Å²) in [6.07, 6.45) is 3.76. The monoisotopic (exact) mass is 328 g/mol. The van der Waals surface area contributed by atoms with E-state index in [0.717, 1.165) is 29.0 Å². The van der Waals surface area contributed by atoms with Crippen LogP contribution >= 0.6 is 15.9 Å². The van der Waals surface area contributed by atoms with Crippen LogP contribution in [0.5, 0.6) is 0 Å². The lowest BCUT2D eigenvalue weighted by Crippen LogP contribution is -2.41. The minimum Gasteiger partial charge on any atom is -0.329 e. The predicted molar refractivity (Wildman–Crippen MR) is 80.5 cm³/mol. The number of nitrogens with zero attached hydrogens (tertiary/aromatic N) is 1. The van der Waals surface area contributed by atoms with Crippen molar-refractivity contribution in [3.63, 3.8) is 0 Å². The zero-order valence-corrected chi connectivity index (χ0v) is 13.0. The fourth-order valence-corrected chi connectivity index (χ4v) is 3.57. The van der Waals surface area contributed by atoms with E-state index in [4.69, 9.17) is 5.73 Å². The number of nitrogens with two attached hydrogens (primary N) is 1. The van der Waals surface area contributed by atoms with Crippen LogP contribution in [0.25, 0.3) is 0 Å². The van der Waals surface area contributed by atoms with Gasteiger partial charge in [-0.05, 0) is 43.0 Å². The molecule has 0 saturated carbocycles. The second-order valence-electron chi connectivity index (χ2n) is 5.33. The number of rotatable bonds is 4. The van der Waals surface area contributed by atoms with E-state index in [-0.39, 0.29) is 11.9 Å². The summed E-state index contributed by atoms with van der Waals surface area (Å²) in [5.41, 5.74) is 7.07. The van der Waals surface area contributed by atoms with Gasteiger partial charge >= 0.3 is 0 Å². The van der Waals surface area contributed by atoms with E-state index >= 15 is 0 Å². The Labute approximate surface area is 123 Å². The molecule has 1 aliphatic heterocycles. The summed E-state index contributed by atoms with van der Waals surface area (Å²) in [6.45, 7) is 5.00. The molecule has 2 N–H and O–H groups in total. The van der Waals surface area contributed by atoms with E-state index in [1.54, 1.807) is 0 Å². The van der Waals surface area contributed by atoms with Gasteiger partial charge in [-0.25, -0.2) is 4.39 Å². The van der Waals surface area contributed by atoms with Crippen molar-refractivity contribution >= 4 is 15.9 Å². The first-order chi connectivity index (χ1) is 9.15. The third-order valence-corrected chi connectivity index (χ3v) is 4.80. The third-order valence-electron chi connectivity index (χ3n) is 4.11. The number of piperidine rings is 1. The van der Waals surface area contributed by atoms with Crippen molar-refractivity contribution in [2.75, 3.05) is 19.6 Å². The molecular weight excluding hydrogens is 307 g/mol. The molecule has 19 heavy (non-hydrogen) atoms. The van der Waals surface area contributed by atoms with Gasteiger partial charge in [-0.15, -0.1) is 0 Å². The van der Waals surface area contributed by atoms with Crippen LogP contribution in [0.3, 0.4) is 0 Å². The molecule has 106 valence electrons. The summed E-state index contributed by atoms with van der Waals surface area (Å²) in [6, 6.07) is 5.08. The van der Waals surface area contributed by atoms with Gasteiger partial charge in [0.2, 0.25) is 0 Å². The summed E-state index contributed by atoms with van der Waals surface area (Å²) < 4.78 is 14.0. The molecule has 2 unspecified atom stereocenters. The fourth-order valence-electron chi connectivity index (χ4n) is 2.96. The average Bonchev–Trinajstić information content (AvgIpc) is 2.42. The standard InChI is InChI=1S/C15H22BrFN2/c1-2-11-4-3-7-19(10-11)15(9-18)13-6-5-12(17)8-14(13)16/h5-6,8,11,15H,2-4,7,9-10,18H2,1H3. The molecule has 1 aromatic carbocycles. The number of hydrogen-bond acceptors (Lipinski definition) is 2. The van der Waals surface area contributed by atoms with Crippen LogP contribution < -0.4 is 5.73 Å². The van der Waals surface area contributed by atoms with Gasteiger partial charge in [-0.2, -0.15) is 0 Å². The van der Waals surface area contributed by atoms with Crippen LogP contribution in [0.2, 0.25) is 0 Å². The molecule has 2 nitrogen and oxygen atoms in total.